The van der Waals surface area contributed by atoms with E-state index in [0.717, 1.165) is 0 Å². The van der Waals surface area contributed by atoms with Crippen LogP contribution in [0.4, 0.5) is 17.1 Å². The van der Waals surface area contributed by atoms with Crippen molar-refractivity contribution in [1.82, 2.24) is 0 Å². The lowest BCUT2D eigenvalue weighted by atomic mass is 10.2. The van der Waals surface area contributed by atoms with Crippen molar-refractivity contribution in [3.05, 3.63) is 12.1 Å². The fourth-order valence-electron chi connectivity index (χ4n) is 0.670. The van der Waals surface area contributed by atoms with Gasteiger partial charge in [-0.2, -0.15) is 0 Å². The standard InChI is InChI=1S/C6H8N3O/c7-4-1-3(10)2-5(8)6(4)9/h1-2H,7-9H2. The van der Waals surface area contributed by atoms with Crippen molar-refractivity contribution < 1.29 is 5.11 Å². The van der Waals surface area contributed by atoms with Crippen molar-refractivity contribution in [2.24, 2.45) is 0 Å². The summed E-state index contributed by atoms with van der Waals surface area (Å²) >= 11 is 0. The fraction of sp³-hybridized carbons (Fsp3) is 0. The Bertz CT molecular complexity index is 236. The number of hydrogen-bond acceptors (Lipinski definition) is 3. The summed E-state index contributed by atoms with van der Waals surface area (Å²) < 4.78 is 0. The number of nitrogen functional groups attached to an aromatic ring is 3. The molecule has 0 fully saturated rings. The first kappa shape index (κ1) is 6.54. The Balaban J connectivity index is 3.31. The van der Waals surface area contributed by atoms with Gasteiger partial charge in [-0.15, -0.1) is 0 Å². The van der Waals surface area contributed by atoms with Crippen molar-refractivity contribution in [3.8, 4) is 5.75 Å². The van der Waals surface area contributed by atoms with Crippen LogP contribution < -0.4 is 17.2 Å². The maximum atomic E-state index is 10.6. The summed E-state index contributed by atoms with van der Waals surface area (Å²) in [5, 5.41) is 10.6. The summed E-state index contributed by atoms with van der Waals surface area (Å²) in [6, 6.07) is 2.48. The van der Waals surface area contributed by atoms with E-state index in [4.69, 9.17) is 17.2 Å². The Kier molecular flexibility index (Phi) is 1.30. The molecule has 0 amide bonds. The Hall–Kier alpha value is -1.58. The van der Waals surface area contributed by atoms with Crippen LogP contribution in [0.3, 0.4) is 0 Å². The number of hydrogen-bond donors (Lipinski definition) is 3. The molecule has 4 nitrogen and oxygen atoms in total. The molecule has 0 bridgehead atoms. The van der Waals surface area contributed by atoms with Gasteiger partial charge in [0.25, 0.3) is 0 Å². The lowest BCUT2D eigenvalue weighted by Gasteiger charge is -2.01. The molecule has 1 radical (unpaired) electrons. The predicted molar refractivity (Wildman–Crippen MR) is 39.8 cm³/mol. The lowest BCUT2D eigenvalue weighted by Crippen LogP contribution is -1.98. The first-order valence-corrected chi connectivity index (χ1v) is 2.72. The third-order valence-corrected chi connectivity index (χ3v) is 1.22. The zero-order chi connectivity index (χ0) is 7.72. The van der Waals surface area contributed by atoms with Crippen LogP contribution in [0, 0.1) is 0 Å². The van der Waals surface area contributed by atoms with Gasteiger partial charge in [0.1, 0.15) is 0 Å². The van der Waals surface area contributed by atoms with Crippen LogP contribution in [-0.2, 0) is 5.11 Å². The van der Waals surface area contributed by atoms with Gasteiger partial charge >= 0.3 is 0 Å². The molecule has 4 heteroatoms. The topological polar surface area (TPSA) is 98.0 Å². The highest BCUT2D eigenvalue weighted by Crippen LogP contribution is 2.27. The normalized spacial score (nSPS) is 9.60. The van der Waals surface area contributed by atoms with Gasteiger partial charge in [-0.25, -0.2) is 0 Å². The second kappa shape index (κ2) is 1.98. The molecule has 6 N–H and O–H groups in total. The smallest absolute Gasteiger partial charge is 0.182 e. The van der Waals surface area contributed by atoms with E-state index in [9.17, 15) is 5.11 Å². The summed E-state index contributed by atoms with van der Waals surface area (Å²) in [4.78, 5) is 0. The third-order valence-electron chi connectivity index (χ3n) is 1.22. The van der Waals surface area contributed by atoms with Crippen LogP contribution in [0.5, 0.6) is 5.75 Å². The molecular weight excluding hydrogens is 130 g/mol. The largest absolute Gasteiger partial charge is 0.397 e. The van der Waals surface area contributed by atoms with E-state index in [1.54, 1.807) is 0 Å². The highest BCUT2D eigenvalue weighted by Gasteiger charge is 2.01. The molecule has 0 aliphatic rings. The average molecular weight is 138 g/mol. The van der Waals surface area contributed by atoms with Crippen molar-refractivity contribution in [1.29, 1.82) is 0 Å². The lowest BCUT2D eigenvalue weighted by molar-refractivity contribution is 0.355. The van der Waals surface area contributed by atoms with E-state index in [2.05, 4.69) is 0 Å². The Morgan fingerprint density at radius 3 is 1.80 bits per heavy atom. The quantitative estimate of drug-likeness (QED) is 0.457. The Morgan fingerprint density at radius 2 is 1.40 bits per heavy atom. The summed E-state index contributed by atoms with van der Waals surface area (Å²) in [5.41, 5.74) is 16.8. The number of rotatable bonds is 0. The highest BCUT2D eigenvalue weighted by atomic mass is 16.3. The van der Waals surface area contributed by atoms with Gasteiger partial charge in [-0.05, 0) is 0 Å². The molecule has 1 aromatic rings. The second-order valence-electron chi connectivity index (χ2n) is 2.02. The summed E-state index contributed by atoms with van der Waals surface area (Å²) in [6.45, 7) is 0. The molecule has 53 valence electrons. The van der Waals surface area contributed by atoms with Gasteiger partial charge in [0, 0.05) is 12.1 Å². The van der Waals surface area contributed by atoms with Crippen LogP contribution in [0.1, 0.15) is 0 Å². The molecule has 1 aromatic carbocycles. The molecule has 0 atom stereocenters. The van der Waals surface area contributed by atoms with Crippen molar-refractivity contribution in [2.45, 2.75) is 0 Å². The molecule has 1 rings (SSSR count). The molecule has 0 aliphatic carbocycles. The van der Waals surface area contributed by atoms with Gasteiger partial charge < -0.3 is 17.2 Å². The average Bonchev–Trinajstić information content (AvgIpc) is 1.82. The van der Waals surface area contributed by atoms with Crippen LogP contribution in [0.15, 0.2) is 12.1 Å². The SMILES string of the molecule is Nc1cc([O])cc(N)c1N. The van der Waals surface area contributed by atoms with E-state index in [1.807, 2.05) is 0 Å². The number of anilines is 3. The predicted octanol–water partition coefficient (Wildman–Crippen LogP) is 0.577. The van der Waals surface area contributed by atoms with E-state index >= 15 is 0 Å². The highest BCUT2D eigenvalue weighted by molar-refractivity contribution is 5.78. The fourth-order valence-corrected chi connectivity index (χ4v) is 0.670. The van der Waals surface area contributed by atoms with Crippen LogP contribution >= 0.6 is 0 Å². The third kappa shape index (κ3) is 0.907. The molecule has 0 spiro atoms. The minimum Gasteiger partial charge on any atom is -0.397 e. The first-order chi connectivity index (χ1) is 4.61. The minimum absolute atomic E-state index is 0.218. The van der Waals surface area contributed by atoms with Crippen LogP contribution in [-0.4, -0.2) is 0 Å². The molecule has 0 saturated heterocycles. The Morgan fingerprint density at radius 1 is 1.00 bits per heavy atom. The Labute approximate surface area is 58.2 Å². The molecule has 0 aromatic heterocycles. The molecule has 0 aliphatic heterocycles. The second-order valence-corrected chi connectivity index (χ2v) is 2.02. The van der Waals surface area contributed by atoms with Gasteiger partial charge in [-0.1, -0.05) is 0 Å². The monoisotopic (exact) mass is 138 g/mol. The maximum Gasteiger partial charge on any atom is 0.182 e. The molecule has 0 heterocycles. The zero-order valence-corrected chi connectivity index (χ0v) is 5.29. The molecule has 0 saturated carbocycles. The van der Waals surface area contributed by atoms with E-state index in [0.29, 0.717) is 0 Å². The number of benzene rings is 1. The van der Waals surface area contributed by atoms with Crippen LogP contribution in [0.25, 0.3) is 0 Å². The van der Waals surface area contributed by atoms with Crippen molar-refractivity contribution in [3.63, 3.8) is 0 Å². The van der Waals surface area contributed by atoms with Crippen molar-refractivity contribution in [2.75, 3.05) is 17.2 Å². The van der Waals surface area contributed by atoms with E-state index < -0.39 is 0 Å². The minimum atomic E-state index is -0.218. The molecule has 10 heavy (non-hydrogen) atoms. The van der Waals surface area contributed by atoms with Crippen molar-refractivity contribution >= 4 is 17.1 Å². The van der Waals surface area contributed by atoms with E-state index in [-0.39, 0.29) is 22.8 Å². The number of nitrogens with two attached hydrogens (primary N) is 3. The van der Waals surface area contributed by atoms with Gasteiger partial charge in [0.15, 0.2) is 5.75 Å². The van der Waals surface area contributed by atoms with Crippen LogP contribution in [0.2, 0.25) is 0 Å². The van der Waals surface area contributed by atoms with E-state index in [1.165, 1.54) is 12.1 Å². The van der Waals surface area contributed by atoms with Gasteiger partial charge in [0.05, 0.1) is 17.1 Å². The van der Waals surface area contributed by atoms with Gasteiger partial charge in [-0.3, -0.25) is 5.11 Å². The first-order valence-electron chi connectivity index (χ1n) is 2.72. The summed E-state index contributed by atoms with van der Waals surface area (Å²) in [6.07, 6.45) is 0. The van der Waals surface area contributed by atoms with Gasteiger partial charge in [0.2, 0.25) is 0 Å². The molecule has 0 unspecified atom stereocenters. The summed E-state index contributed by atoms with van der Waals surface area (Å²) in [7, 11) is 0. The maximum absolute atomic E-state index is 10.6. The molecular formula is C6H8N3O. The summed E-state index contributed by atoms with van der Waals surface area (Å²) in [5.74, 6) is -0.218. The zero-order valence-electron chi connectivity index (χ0n) is 5.29.